The van der Waals surface area contributed by atoms with Gasteiger partial charge in [-0.3, -0.25) is 4.79 Å². The summed E-state index contributed by atoms with van der Waals surface area (Å²) < 4.78 is 0.994. The van der Waals surface area contributed by atoms with Gasteiger partial charge in [0.1, 0.15) is 0 Å². The SMILES string of the molecule is O=C(NCCCN1CCNCC1)c1csc(Br)c1. The standard InChI is InChI=1S/C12H18BrN3OS/c13-11-8-10(9-18-11)12(17)15-2-1-5-16-6-3-14-4-7-16/h8-9,14H,1-7H2,(H,15,17). The highest BCUT2D eigenvalue weighted by Gasteiger charge is 2.10. The Kier molecular flexibility index (Phi) is 5.62. The van der Waals surface area contributed by atoms with E-state index in [0.29, 0.717) is 0 Å². The minimum atomic E-state index is 0.0252. The van der Waals surface area contributed by atoms with Crippen molar-refractivity contribution in [3.05, 3.63) is 20.8 Å². The molecular weight excluding hydrogens is 314 g/mol. The molecule has 0 bridgehead atoms. The van der Waals surface area contributed by atoms with E-state index in [1.165, 1.54) is 11.3 Å². The van der Waals surface area contributed by atoms with Gasteiger partial charge in [-0.25, -0.2) is 0 Å². The Morgan fingerprint density at radius 1 is 1.50 bits per heavy atom. The Labute approximate surface area is 120 Å². The molecule has 2 N–H and O–H groups in total. The fourth-order valence-electron chi connectivity index (χ4n) is 1.97. The first kappa shape index (κ1) is 14.0. The number of piperazine rings is 1. The van der Waals surface area contributed by atoms with E-state index in [1.54, 1.807) is 0 Å². The number of hydrogen-bond donors (Lipinski definition) is 2. The summed E-state index contributed by atoms with van der Waals surface area (Å²) in [6, 6.07) is 1.86. The lowest BCUT2D eigenvalue weighted by molar-refractivity contribution is 0.0951. The highest BCUT2D eigenvalue weighted by atomic mass is 79.9. The summed E-state index contributed by atoms with van der Waals surface area (Å²) >= 11 is 4.90. The van der Waals surface area contributed by atoms with Crippen LogP contribution in [0.15, 0.2) is 15.2 Å². The summed E-state index contributed by atoms with van der Waals surface area (Å²) in [5.74, 6) is 0.0252. The molecule has 1 aliphatic rings. The molecule has 1 saturated heterocycles. The predicted molar refractivity (Wildman–Crippen MR) is 78.3 cm³/mol. The fourth-order valence-corrected chi connectivity index (χ4v) is 3.11. The van der Waals surface area contributed by atoms with Gasteiger partial charge in [-0.05, 0) is 35.0 Å². The number of amides is 1. The Hall–Kier alpha value is -0.430. The van der Waals surface area contributed by atoms with Crippen LogP contribution in [0.3, 0.4) is 0 Å². The van der Waals surface area contributed by atoms with Crippen molar-refractivity contribution in [1.29, 1.82) is 0 Å². The van der Waals surface area contributed by atoms with Crippen LogP contribution in [0.2, 0.25) is 0 Å². The van der Waals surface area contributed by atoms with Gasteiger partial charge < -0.3 is 15.5 Å². The van der Waals surface area contributed by atoms with E-state index < -0.39 is 0 Å². The van der Waals surface area contributed by atoms with Crippen molar-refractivity contribution in [2.24, 2.45) is 0 Å². The Morgan fingerprint density at radius 2 is 2.28 bits per heavy atom. The topological polar surface area (TPSA) is 44.4 Å². The van der Waals surface area contributed by atoms with Crippen molar-refractivity contribution in [3.63, 3.8) is 0 Å². The highest BCUT2D eigenvalue weighted by Crippen LogP contribution is 2.20. The smallest absolute Gasteiger partial charge is 0.252 e. The van der Waals surface area contributed by atoms with Gasteiger partial charge in [-0.2, -0.15) is 0 Å². The van der Waals surface area contributed by atoms with Gasteiger partial charge >= 0.3 is 0 Å². The van der Waals surface area contributed by atoms with E-state index in [-0.39, 0.29) is 5.91 Å². The number of rotatable bonds is 5. The Morgan fingerprint density at radius 3 is 2.94 bits per heavy atom. The van der Waals surface area contributed by atoms with Crippen molar-refractivity contribution in [3.8, 4) is 0 Å². The van der Waals surface area contributed by atoms with Gasteiger partial charge in [0.2, 0.25) is 0 Å². The number of carbonyl (C=O) groups excluding carboxylic acids is 1. The Bertz CT molecular complexity index is 390. The zero-order valence-electron chi connectivity index (χ0n) is 10.2. The molecule has 1 aromatic heterocycles. The molecule has 1 aliphatic heterocycles. The average molecular weight is 332 g/mol. The van der Waals surface area contributed by atoms with Gasteiger partial charge in [0.15, 0.2) is 0 Å². The van der Waals surface area contributed by atoms with Crippen LogP contribution in [0.5, 0.6) is 0 Å². The van der Waals surface area contributed by atoms with E-state index in [9.17, 15) is 4.79 Å². The molecule has 0 saturated carbocycles. The fraction of sp³-hybridized carbons (Fsp3) is 0.583. The molecule has 1 fully saturated rings. The van der Waals surface area contributed by atoms with E-state index >= 15 is 0 Å². The van der Waals surface area contributed by atoms with Crippen LogP contribution < -0.4 is 10.6 Å². The monoisotopic (exact) mass is 331 g/mol. The second-order valence-electron chi connectivity index (χ2n) is 4.34. The minimum absolute atomic E-state index is 0.0252. The van der Waals surface area contributed by atoms with E-state index in [0.717, 1.165) is 55.0 Å². The van der Waals surface area contributed by atoms with Crippen molar-refractivity contribution in [2.45, 2.75) is 6.42 Å². The maximum atomic E-state index is 11.8. The van der Waals surface area contributed by atoms with Crippen molar-refractivity contribution in [1.82, 2.24) is 15.5 Å². The van der Waals surface area contributed by atoms with Gasteiger partial charge in [0, 0.05) is 38.1 Å². The van der Waals surface area contributed by atoms with Crippen molar-refractivity contribution in [2.75, 3.05) is 39.3 Å². The van der Waals surface area contributed by atoms with Crippen LogP contribution in [-0.4, -0.2) is 50.1 Å². The van der Waals surface area contributed by atoms with Gasteiger partial charge in [0.25, 0.3) is 5.91 Å². The third-order valence-corrected chi connectivity index (χ3v) is 4.48. The number of nitrogens with zero attached hydrogens (tertiary/aromatic N) is 1. The summed E-state index contributed by atoms with van der Waals surface area (Å²) in [7, 11) is 0. The molecule has 2 heterocycles. The zero-order chi connectivity index (χ0) is 12.8. The van der Waals surface area contributed by atoms with E-state index in [1.807, 2.05) is 11.4 Å². The first-order valence-electron chi connectivity index (χ1n) is 6.21. The molecule has 0 aliphatic carbocycles. The average Bonchev–Trinajstić information content (AvgIpc) is 2.82. The van der Waals surface area contributed by atoms with Crippen LogP contribution in [0.1, 0.15) is 16.8 Å². The molecule has 2 rings (SSSR count). The second-order valence-corrected chi connectivity index (χ2v) is 6.63. The number of hydrogen-bond acceptors (Lipinski definition) is 4. The lowest BCUT2D eigenvalue weighted by Crippen LogP contribution is -2.44. The molecule has 1 amide bonds. The summed E-state index contributed by atoms with van der Waals surface area (Å²) in [4.78, 5) is 14.2. The van der Waals surface area contributed by atoms with Gasteiger partial charge in [-0.1, -0.05) is 0 Å². The molecule has 100 valence electrons. The molecule has 1 aromatic rings. The molecule has 0 radical (unpaired) electrons. The van der Waals surface area contributed by atoms with Crippen molar-refractivity contribution < 1.29 is 4.79 Å². The van der Waals surface area contributed by atoms with Crippen LogP contribution in [0.25, 0.3) is 0 Å². The molecule has 0 unspecified atom stereocenters. The molecule has 6 heteroatoms. The molecule has 0 atom stereocenters. The van der Waals surface area contributed by atoms with E-state index in [2.05, 4.69) is 31.5 Å². The van der Waals surface area contributed by atoms with Gasteiger partial charge in [0.05, 0.1) is 9.35 Å². The molecule has 0 spiro atoms. The maximum absolute atomic E-state index is 11.8. The molecule has 4 nitrogen and oxygen atoms in total. The third kappa shape index (κ3) is 4.35. The van der Waals surface area contributed by atoms with Crippen LogP contribution in [-0.2, 0) is 0 Å². The molecule has 18 heavy (non-hydrogen) atoms. The normalized spacial score (nSPS) is 16.7. The number of thiophene rings is 1. The number of halogens is 1. The van der Waals surface area contributed by atoms with Gasteiger partial charge in [-0.15, -0.1) is 11.3 Å². The lowest BCUT2D eigenvalue weighted by Gasteiger charge is -2.27. The first-order chi connectivity index (χ1) is 8.75. The third-order valence-electron chi connectivity index (χ3n) is 2.98. The van der Waals surface area contributed by atoms with E-state index in [4.69, 9.17) is 0 Å². The highest BCUT2D eigenvalue weighted by molar-refractivity contribution is 9.11. The molecule has 0 aromatic carbocycles. The summed E-state index contributed by atoms with van der Waals surface area (Å²) in [5, 5.41) is 8.16. The number of carbonyl (C=O) groups is 1. The maximum Gasteiger partial charge on any atom is 0.252 e. The summed E-state index contributed by atoms with van der Waals surface area (Å²) in [6.07, 6.45) is 1.01. The largest absolute Gasteiger partial charge is 0.352 e. The first-order valence-corrected chi connectivity index (χ1v) is 7.88. The Balaban J connectivity index is 1.61. The van der Waals surface area contributed by atoms with Crippen LogP contribution in [0.4, 0.5) is 0 Å². The van der Waals surface area contributed by atoms with Crippen LogP contribution in [0, 0.1) is 0 Å². The number of nitrogens with one attached hydrogen (secondary N) is 2. The minimum Gasteiger partial charge on any atom is -0.352 e. The summed E-state index contributed by atoms with van der Waals surface area (Å²) in [5.41, 5.74) is 0.744. The lowest BCUT2D eigenvalue weighted by atomic mass is 10.3. The van der Waals surface area contributed by atoms with Crippen LogP contribution >= 0.6 is 27.3 Å². The zero-order valence-corrected chi connectivity index (χ0v) is 12.6. The molecular formula is C12H18BrN3OS. The van der Waals surface area contributed by atoms with Crippen molar-refractivity contribution >= 4 is 33.2 Å². The summed E-state index contributed by atoms with van der Waals surface area (Å²) in [6.45, 7) is 6.20. The predicted octanol–water partition coefficient (Wildman–Crippen LogP) is 1.54. The second kappa shape index (κ2) is 7.23. The quantitative estimate of drug-likeness (QED) is 0.804.